The Hall–Kier alpha value is -1.16. The number of carbonyl (C=O) groups is 1. The molecule has 0 fully saturated rings. The van der Waals surface area contributed by atoms with Gasteiger partial charge in [-0.2, -0.15) is 0 Å². The number of rotatable bonds is 3. The summed E-state index contributed by atoms with van der Waals surface area (Å²) in [4.78, 5) is 12.5. The maximum atomic E-state index is 10.9. The summed E-state index contributed by atoms with van der Waals surface area (Å²) in [6.45, 7) is 0. The largest absolute Gasteiger partial charge is 0.478 e. The van der Waals surface area contributed by atoms with E-state index in [1.165, 1.54) is 11.8 Å². The molecular formula is C13H8Cl2O2S. The monoisotopic (exact) mass is 298 g/mol. The third-order valence-electron chi connectivity index (χ3n) is 2.20. The molecule has 2 rings (SSSR count). The van der Waals surface area contributed by atoms with Gasteiger partial charge < -0.3 is 5.11 Å². The van der Waals surface area contributed by atoms with Crippen molar-refractivity contribution >= 4 is 40.9 Å². The standard InChI is InChI=1S/C13H8Cl2O2S/c14-9-4-5-11(15)12(7-9)18-10-3-1-2-8(6-10)13(16)17/h1-7H,(H,16,17). The van der Waals surface area contributed by atoms with Gasteiger partial charge in [-0.05, 0) is 36.4 Å². The molecule has 92 valence electrons. The third-order valence-corrected chi connectivity index (χ3v) is 3.93. The molecule has 0 aliphatic rings. The predicted octanol–water partition coefficient (Wildman–Crippen LogP) is 4.84. The SMILES string of the molecule is O=C(O)c1cccc(Sc2cc(Cl)ccc2Cl)c1. The highest BCUT2D eigenvalue weighted by molar-refractivity contribution is 7.99. The van der Waals surface area contributed by atoms with E-state index >= 15 is 0 Å². The van der Waals surface area contributed by atoms with Crippen molar-refractivity contribution in [2.24, 2.45) is 0 Å². The lowest BCUT2D eigenvalue weighted by Crippen LogP contribution is -1.95. The normalized spacial score (nSPS) is 10.3. The molecule has 2 aromatic carbocycles. The van der Waals surface area contributed by atoms with Crippen molar-refractivity contribution in [2.45, 2.75) is 9.79 Å². The molecule has 0 spiro atoms. The zero-order chi connectivity index (χ0) is 13.1. The van der Waals surface area contributed by atoms with Crippen LogP contribution in [0.4, 0.5) is 0 Å². The van der Waals surface area contributed by atoms with E-state index in [2.05, 4.69) is 0 Å². The summed E-state index contributed by atoms with van der Waals surface area (Å²) in [6, 6.07) is 11.9. The highest BCUT2D eigenvalue weighted by Gasteiger charge is 2.07. The number of aromatic carboxylic acids is 1. The van der Waals surface area contributed by atoms with Crippen LogP contribution in [0.3, 0.4) is 0 Å². The number of hydrogen-bond donors (Lipinski definition) is 1. The van der Waals surface area contributed by atoms with Crippen molar-refractivity contribution < 1.29 is 9.90 Å². The van der Waals surface area contributed by atoms with Gasteiger partial charge in [0.2, 0.25) is 0 Å². The second-order valence-corrected chi connectivity index (χ2v) is 5.47. The molecule has 18 heavy (non-hydrogen) atoms. The van der Waals surface area contributed by atoms with Crippen LogP contribution in [-0.4, -0.2) is 11.1 Å². The van der Waals surface area contributed by atoms with Crippen molar-refractivity contribution in [3.63, 3.8) is 0 Å². The lowest BCUT2D eigenvalue weighted by atomic mass is 10.2. The quantitative estimate of drug-likeness (QED) is 0.881. The van der Waals surface area contributed by atoms with E-state index in [0.29, 0.717) is 10.0 Å². The Bertz CT molecular complexity index is 599. The first-order valence-electron chi connectivity index (χ1n) is 5.02. The van der Waals surface area contributed by atoms with Gasteiger partial charge in [-0.1, -0.05) is 41.0 Å². The van der Waals surface area contributed by atoms with E-state index in [9.17, 15) is 4.79 Å². The Morgan fingerprint density at radius 1 is 1.11 bits per heavy atom. The van der Waals surface area contributed by atoms with Crippen molar-refractivity contribution in [1.29, 1.82) is 0 Å². The van der Waals surface area contributed by atoms with Gasteiger partial charge in [0.15, 0.2) is 0 Å². The van der Waals surface area contributed by atoms with Gasteiger partial charge in [-0.3, -0.25) is 0 Å². The molecule has 0 atom stereocenters. The van der Waals surface area contributed by atoms with Crippen LogP contribution >= 0.6 is 35.0 Å². The second-order valence-electron chi connectivity index (χ2n) is 3.51. The van der Waals surface area contributed by atoms with Gasteiger partial charge in [0, 0.05) is 14.8 Å². The molecule has 0 heterocycles. The maximum Gasteiger partial charge on any atom is 0.335 e. The predicted molar refractivity (Wildman–Crippen MR) is 74.0 cm³/mol. The lowest BCUT2D eigenvalue weighted by molar-refractivity contribution is 0.0696. The van der Waals surface area contributed by atoms with Gasteiger partial charge >= 0.3 is 5.97 Å². The lowest BCUT2D eigenvalue weighted by Gasteiger charge is -2.05. The minimum atomic E-state index is -0.949. The number of hydrogen-bond acceptors (Lipinski definition) is 2. The molecule has 0 amide bonds. The zero-order valence-electron chi connectivity index (χ0n) is 9.06. The van der Waals surface area contributed by atoms with Gasteiger partial charge in [0.1, 0.15) is 0 Å². The van der Waals surface area contributed by atoms with Crippen molar-refractivity contribution in [2.75, 3.05) is 0 Å². The summed E-state index contributed by atoms with van der Waals surface area (Å²) in [7, 11) is 0. The first kappa shape index (κ1) is 13.3. The molecule has 0 saturated carbocycles. The maximum absolute atomic E-state index is 10.9. The molecule has 2 nitrogen and oxygen atoms in total. The van der Waals surface area contributed by atoms with Crippen LogP contribution in [0.15, 0.2) is 52.3 Å². The Labute approximate surface area is 119 Å². The summed E-state index contributed by atoms with van der Waals surface area (Å²) >= 11 is 13.3. The van der Waals surface area contributed by atoms with Crippen molar-refractivity contribution in [1.82, 2.24) is 0 Å². The third kappa shape index (κ3) is 3.19. The van der Waals surface area contributed by atoms with Crippen molar-refractivity contribution in [3.05, 3.63) is 58.1 Å². The molecule has 0 aliphatic heterocycles. The van der Waals surface area contributed by atoms with E-state index in [1.807, 2.05) is 6.07 Å². The van der Waals surface area contributed by atoms with Crippen LogP contribution in [0.2, 0.25) is 10.0 Å². The number of carboxylic acids is 1. The fourth-order valence-electron chi connectivity index (χ4n) is 1.37. The van der Waals surface area contributed by atoms with E-state index in [0.717, 1.165) is 9.79 Å². The summed E-state index contributed by atoms with van der Waals surface area (Å²) in [5.41, 5.74) is 0.248. The minimum absolute atomic E-state index is 0.248. The van der Waals surface area contributed by atoms with Gasteiger partial charge in [0.25, 0.3) is 0 Å². The van der Waals surface area contributed by atoms with Crippen molar-refractivity contribution in [3.8, 4) is 0 Å². The molecule has 5 heteroatoms. The fourth-order valence-corrected chi connectivity index (χ4v) is 2.78. The fraction of sp³-hybridized carbons (Fsp3) is 0. The highest BCUT2D eigenvalue weighted by Crippen LogP contribution is 2.35. The number of carboxylic acid groups (broad SMARTS) is 1. The molecular weight excluding hydrogens is 291 g/mol. The molecule has 0 bridgehead atoms. The topological polar surface area (TPSA) is 37.3 Å². The van der Waals surface area contributed by atoms with Gasteiger partial charge in [0.05, 0.1) is 10.6 Å². The van der Waals surface area contributed by atoms with E-state index < -0.39 is 5.97 Å². The molecule has 0 aliphatic carbocycles. The van der Waals surface area contributed by atoms with Crippen LogP contribution in [0.5, 0.6) is 0 Å². The van der Waals surface area contributed by atoms with E-state index in [1.54, 1.807) is 36.4 Å². The average molecular weight is 299 g/mol. The first-order chi connectivity index (χ1) is 8.56. The summed E-state index contributed by atoms with van der Waals surface area (Å²) in [5.74, 6) is -0.949. The smallest absolute Gasteiger partial charge is 0.335 e. The summed E-state index contributed by atoms with van der Waals surface area (Å²) < 4.78 is 0. The minimum Gasteiger partial charge on any atom is -0.478 e. The molecule has 2 aromatic rings. The summed E-state index contributed by atoms with van der Waals surface area (Å²) in [5, 5.41) is 10.1. The zero-order valence-corrected chi connectivity index (χ0v) is 11.4. The van der Waals surface area contributed by atoms with Gasteiger partial charge in [-0.15, -0.1) is 0 Å². The summed E-state index contributed by atoms with van der Waals surface area (Å²) in [6.07, 6.45) is 0. The Morgan fingerprint density at radius 3 is 2.61 bits per heavy atom. The van der Waals surface area contributed by atoms with Crippen LogP contribution in [0, 0.1) is 0 Å². The van der Waals surface area contributed by atoms with Crippen LogP contribution in [0.25, 0.3) is 0 Å². The molecule has 0 aromatic heterocycles. The second kappa shape index (κ2) is 5.65. The van der Waals surface area contributed by atoms with Crippen LogP contribution in [0.1, 0.15) is 10.4 Å². The first-order valence-corrected chi connectivity index (χ1v) is 6.60. The average Bonchev–Trinajstić information content (AvgIpc) is 2.34. The van der Waals surface area contributed by atoms with Crippen LogP contribution in [-0.2, 0) is 0 Å². The van der Waals surface area contributed by atoms with Gasteiger partial charge in [-0.25, -0.2) is 4.79 Å². The Balaban J connectivity index is 2.31. The Morgan fingerprint density at radius 2 is 1.89 bits per heavy atom. The number of halogens is 2. The highest BCUT2D eigenvalue weighted by atomic mass is 35.5. The van der Waals surface area contributed by atoms with E-state index in [-0.39, 0.29) is 5.56 Å². The number of benzene rings is 2. The molecule has 1 N–H and O–H groups in total. The molecule has 0 unspecified atom stereocenters. The molecule has 0 saturated heterocycles. The molecule has 0 radical (unpaired) electrons. The van der Waals surface area contributed by atoms with Crippen LogP contribution < -0.4 is 0 Å². The van der Waals surface area contributed by atoms with E-state index in [4.69, 9.17) is 28.3 Å². The Kier molecular flexibility index (Phi) is 4.17.